The molecule has 104 valence electrons. The second-order valence-corrected chi connectivity index (χ2v) is 5.17. The van der Waals surface area contributed by atoms with Gasteiger partial charge in [0.25, 0.3) is 0 Å². The fourth-order valence-electron chi connectivity index (χ4n) is 2.59. The summed E-state index contributed by atoms with van der Waals surface area (Å²) < 4.78 is 0. The maximum atomic E-state index is 10.5. The van der Waals surface area contributed by atoms with Crippen molar-refractivity contribution in [2.24, 2.45) is 5.16 Å². The minimum Gasteiger partial charge on any atom is -0.411 e. The van der Waals surface area contributed by atoms with Gasteiger partial charge in [-0.3, -0.25) is 0 Å². The zero-order valence-corrected chi connectivity index (χ0v) is 11.6. The molecule has 0 saturated heterocycles. The van der Waals surface area contributed by atoms with Gasteiger partial charge in [-0.1, -0.05) is 37.2 Å². The Labute approximate surface area is 114 Å². The van der Waals surface area contributed by atoms with Gasteiger partial charge in [-0.25, -0.2) is 0 Å². The van der Waals surface area contributed by atoms with E-state index in [9.17, 15) is 5.11 Å². The van der Waals surface area contributed by atoms with Crippen LogP contribution in [0.4, 0.5) is 5.69 Å². The highest BCUT2D eigenvalue weighted by molar-refractivity contribution is 6.06. The highest BCUT2D eigenvalue weighted by Crippen LogP contribution is 2.29. The molecule has 1 aliphatic rings. The van der Waals surface area contributed by atoms with Crippen LogP contribution in [0.25, 0.3) is 0 Å². The number of nitrogens with zero attached hydrogens (tertiary/aromatic N) is 2. The summed E-state index contributed by atoms with van der Waals surface area (Å²) in [6.45, 7) is 5.42. The van der Waals surface area contributed by atoms with E-state index in [1.807, 2.05) is 38.1 Å². The maximum absolute atomic E-state index is 10.5. The van der Waals surface area contributed by atoms with Gasteiger partial charge in [0.2, 0.25) is 0 Å². The third-order valence-electron chi connectivity index (χ3n) is 4.10. The van der Waals surface area contributed by atoms with Crippen molar-refractivity contribution in [1.82, 2.24) is 0 Å². The first-order chi connectivity index (χ1) is 9.13. The average molecular weight is 262 g/mol. The van der Waals surface area contributed by atoms with Crippen molar-refractivity contribution >= 4 is 11.4 Å². The molecule has 1 aromatic carbocycles. The third kappa shape index (κ3) is 2.73. The summed E-state index contributed by atoms with van der Waals surface area (Å²) in [5.41, 5.74) is 2.08. The second-order valence-electron chi connectivity index (χ2n) is 5.17. The summed E-state index contributed by atoms with van der Waals surface area (Å²) in [5, 5.41) is 23.0. The van der Waals surface area contributed by atoms with Crippen LogP contribution in [-0.2, 0) is 0 Å². The molecule has 4 heteroatoms. The molecule has 0 atom stereocenters. The zero-order chi connectivity index (χ0) is 13.9. The summed E-state index contributed by atoms with van der Waals surface area (Å²) in [5.74, 6) is 0. The Morgan fingerprint density at radius 2 is 1.95 bits per heavy atom. The monoisotopic (exact) mass is 262 g/mol. The van der Waals surface area contributed by atoms with E-state index in [0.29, 0.717) is 13.0 Å². The lowest BCUT2D eigenvalue weighted by atomic mass is 9.93. The SMILES string of the molecule is CCC(O)(CC)CN1CC/C(=N/O)c2ccccc21. The first kappa shape index (κ1) is 13.9. The molecule has 0 radical (unpaired) electrons. The fraction of sp³-hybridized carbons (Fsp3) is 0.533. The van der Waals surface area contributed by atoms with E-state index in [1.165, 1.54) is 0 Å². The topological polar surface area (TPSA) is 56.1 Å². The summed E-state index contributed by atoms with van der Waals surface area (Å²) in [4.78, 5) is 2.19. The number of fused-ring (bicyclic) bond motifs is 1. The quantitative estimate of drug-likeness (QED) is 0.648. The molecule has 2 rings (SSSR count). The molecule has 0 aromatic heterocycles. The van der Waals surface area contributed by atoms with Crippen LogP contribution >= 0.6 is 0 Å². The number of hydrogen-bond acceptors (Lipinski definition) is 4. The molecule has 1 aliphatic heterocycles. The number of hydrogen-bond donors (Lipinski definition) is 2. The van der Waals surface area contributed by atoms with E-state index in [0.717, 1.165) is 36.3 Å². The Balaban J connectivity index is 2.30. The predicted molar refractivity (Wildman–Crippen MR) is 77.1 cm³/mol. The van der Waals surface area contributed by atoms with Crippen LogP contribution in [-0.4, -0.2) is 34.7 Å². The van der Waals surface area contributed by atoms with E-state index in [4.69, 9.17) is 5.21 Å². The molecule has 2 N–H and O–H groups in total. The second kappa shape index (κ2) is 5.61. The standard InChI is InChI=1S/C15H22N2O2/c1-3-15(18,4-2)11-17-10-9-13(16-19)12-7-5-6-8-14(12)17/h5-8,18-19H,3-4,9-11H2,1-2H3/b16-13-. The van der Waals surface area contributed by atoms with Crippen molar-refractivity contribution in [3.63, 3.8) is 0 Å². The largest absolute Gasteiger partial charge is 0.411 e. The van der Waals surface area contributed by atoms with Crippen molar-refractivity contribution in [3.05, 3.63) is 29.8 Å². The molecule has 0 amide bonds. The normalized spacial score (nSPS) is 17.6. The van der Waals surface area contributed by atoms with Crippen LogP contribution in [0, 0.1) is 0 Å². The molecule has 1 aromatic rings. The maximum Gasteiger partial charge on any atom is 0.0906 e. The summed E-state index contributed by atoms with van der Waals surface area (Å²) in [6.07, 6.45) is 2.18. The molecule has 0 fully saturated rings. The van der Waals surface area contributed by atoms with Gasteiger partial charge in [0.05, 0.1) is 11.3 Å². The van der Waals surface area contributed by atoms with Crippen molar-refractivity contribution in [3.8, 4) is 0 Å². The number of benzene rings is 1. The average Bonchev–Trinajstić information content (AvgIpc) is 2.47. The zero-order valence-electron chi connectivity index (χ0n) is 11.6. The van der Waals surface area contributed by atoms with Gasteiger partial charge in [0.1, 0.15) is 0 Å². The van der Waals surface area contributed by atoms with Crippen LogP contribution in [0.5, 0.6) is 0 Å². The van der Waals surface area contributed by atoms with Crippen LogP contribution in [0.3, 0.4) is 0 Å². The number of anilines is 1. The Hall–Kier alpha value is -1.55. The highest BCUT2D eigenvalue weighted by atomic mass is 16.4. The lowest BCUT2D eigenvalue weighted by molar-refractivity contribution is 0.0393. The molecule has 4 nitrogen and oxygen atoms in total. The fourth-order valence-corrected chi connectivity index (χ4v) is 2.59. The van der Waals surface area contributed by atoms with Gasteiger partial charge in [0.15, 0.2) is 0 Å². The molecule has 1 heterocycles. The van der Waals surface area contributed by atoms with Gasteiger partial charge in [-0.2, -0.15) is 0 Å². The van der Waals surface area contributed by atoms with Crippen LogP contribution in [0.15, 0.2) is 29.4 Å². The van der Waals surface area contributed by atoms with Crippen LogP contribution in [0.1, 0.15) is 38.7 Å². The van der Waals surface area contributed by atoms with E-state index in [1.54, 1.807) is 0 Å². The lowest BCUT2D eigenvalue weighted by Crippen LogP contribution is -2.45. The molecule has 0 saturated carbocycles. The summed E-state index contributed by atoms with van der Waals surface area (Å²) in [6, 6.07) is 7.90. The smallest absolute Gasteiger partial charge is 0.0906 e. The molecule has 0 spiro atoms. The molecular formula is C15H22N2O2. The number of β-amino-alcohol motifs (C(OH)–C–C–N with tert-alkyl or cyclic N) is 1. The van der Waals surface area contributed by atoms with E-state index >= 15 is 0 Å². The number of aliphatic hydroxyl groups is 1. The van der Waals surface area contributed by atoms with Gasteiger partial charge in [-0.05, 0) is 18.9 Å². The predicted octanol–water partition coefficient (Wildman–Crippen LogP) is 2.63. The van der Waals surface area contributed by atoms with E-state index in [2.05, 4.69) is 10.1 Å². The molecular weight excluding hydrogens is 240 g/mol. The first-order valence-corrected chi connectivity index (χ1v) is 6.91. The third-order valence-corrected chi connectivity index (χ3v) is 4.10. The Bertz CT molecular complexity index is 467. The van der Waals surface area contributed by atoms with Crippen LogP contribution < -0.4 is 4.90 Å². The van der Waals surface area contributed by atoms with E-state index in [-0.39, 0.29) is 0 Å². The van der Waals surface area contributed by atoms with E-state index < -0.39 is 5.60 Å². The van der Waals surface area contributed by atoms with Gasteiger partial charge in [0, 0.05) is 30.8 Å². The molecule has 0 bridgehead atoms. The van der Waals surface area contributed by atoms with Gasteiger partial charge < -0.3 is 15.2 Å². The summed E-state index contributed by atoms with van der Waals surface area (Å²) in [7, 11) is 0. The van der Waals surface area contributed by atoms with Crippen molar-refractivity contribution in [2.45, 2.75) is 38.7 Å². The number of oxime groups is 1. The number of para-hydroxylation sites is 1. The van der Waals surface area contributed by atoms with Crippen molar-refractivity contribution in [2.75, 3.05) is 18.0 Å². The van der Waals surface area contributed by atoms with Gasteiger partial charge >= 0.3 is 0 Å². The molecule has 0 aliphatic carbocycles. The van der Waals surface area contributed by atoms with Gasteiger partial charge in [-0.15, -0.1) is 0 Å². The minimum absolute atomic E-state index is 0.621. The summed E-state index contributed by atoms with van der Waals surface area (Å²) >= 11 is 0. The molecule has 19 heavy (non-hydrogen) atoms. The van der Waals surface area contributed by atoms with Crippen molar-refractivity contribution in [1.29, 1.82) is 0 Å². The Morgan fingerprint density at radius 3 is 2.58 bits per heavy atom. The van der Waals surface area contributed by atoms with Crippen molar-refractivity contribution < 1.29 is 10.3 Å². The minimum atomic E-state index is -0.652. The lowest BCUT2D eigenvalue weighted by Gasteiger charge is -2.37. The van der Waals surface area contributed by atoms with Crippen LogP contribution in [0.2, 0.25) is 0 Å². The Morgan fingerprint density at radius 1 is 1.26 bits per heavy atom. The first-order valence-electron chi connectivity index (χ1n) is 6.91. The number of rotatable bonds is 4. The Kier molecular flexibility index (Phi) is 4.10. The highest BCUT2D eigenvalue weighted by Gasteiger charge is 2.29. The molecule has 0 unspecified atom stereocenters.